The van der Waals surface area contributed by atoms with Crippen LogP contribution in [0.4, 0.5) is 0 Å². The largest absolute Gasteiger partial charge is 0.460 e. The maximum atomic E-state index is 13.0. The lowest BCUT2D eigenvalue weighted by atomic mass is 9.44. The van der Waals surface area contributed by atoms with Gasteiger partial charge >= 0.3 is 11.9 Å². The standard InChI is InChI=1S/C28H42O7/c1-7-16(2)24(31)35-23-15-22-21(9-8-19-14-20(30)10-11-25(19,22)5)28(33)13-12-27(32,26(23,28)6)17(3)34-18(4)29/h7-8,17,20-23,30,32-33H,9-15H2,1-6H3/t17-,20-,21+,22+,23+,25-,26+,27+,28-/m0/s1. The third kappa shape index (κ3) is 3.64. The van der Waals surface area contributed by atoms with Crippen molar-refractivity contribution < 1.29 is 34.4 Å². The van der Waals surface area contributed by atoms with Gasteiger partial charge in [0.15, 0.2) is 0 Å². The first-order valence-electron chi connectivity index (χ1n) is 13.1. The number of ether oxygens (including phenoxy) is 2. The monoisotopic (exact) mass is 490 g/mol. The first-order chi connectivity index (χ1) is 16.2. The summed E-state index contributed by atoms with van der Waals surface area (Å²) in [5.41, 5.74) is -2.67. The van der Waals surface area contributed by atoms with Crippen LogP contribution in [0.25, 0.3) is 0 Å². The van der Waals surface area contributed by atoms with Gasteiger partial charge in [-0.15, -0.1) is 0 Å². The molecule has 3 N–H and O–H groups in total. The van der Waals surface area contributed by atoms with E-state index < -0.39 is 40.8 Å². The van der Waals surface area contributed by atoms with Gasteiger partial charge in [-0.2, -0.15) is 0 Å². The minimum atomic E-state index is -1.57. The second kappa shape index (κ2) is 8.70. The van der Waals surface area contributed by atoms with E-state index in [-0.39, 0.29) is 29.8 Å². The molecule has 3 fully saturated rings. The molecule has 0 saturated heterocycles. The number of allylic oxidation sites excluding steroid dienone is 2. The average Bonchev–Trinajstić information content (AvgIpc) is 3.02. The maximum absolute atomic E-state index is 13.0. The van der Waals surface area contributed by atoms with Gasteiger partial charge in [0.25, 0.3) is 0 Å². The Hall–Kier alpha value is -1.70. The fourth-order valence-electron chi connectivity index (χ4n) is 8.13. The van der Waals surface area contributed by atoms with Gasteiger partial charge in [-0.1, -0.05) is 31.6 Å². The quantitative estimate of drug-likeness (QED) is 0.313. The van der Waals surface area contributed by atoms with Crippen molar-refractivity contribution in [2.45, 2.75) is 116 Å². The van der Waals surface area contributed by atoms with Gasteiger partial charge in [0.05, 0.1) is 17.1 Å². The maximum Gasteiger partial charge on any atom is 0.333 e. The minimum Gasteiger partial charge on any atom is -0.460 e. The first kappa shape index (κ1) is 26.4. The molecule has 4 aliphatic rings. The van der Waals surface area contributed by atoms with E-state index in [0.29, 0.717) is 37.7 Å². The predicted molar refractivity (Wildman–Crippen MR) is 130 cm³/mol. The lowest BCUT2D eigenvalue weighted by molar-refractivity contribution is -0.279. The van der Waals surface area contributed by atoms with Crippen LogP contribution in [-0.2, 0) is 19.1 Å². The van der Waals surface area contributed by atoms with Crippen molar-refractivity contribution >= 4 is 11.9 Å². The zero-order chi connectivity index (χ0) is 26.0. The number of hydrogen-bond acceptors (Lipinski definition) is 7. The third-order valence-electron chi connectivity index (χ3n) is 10.5. The van der Waals surface area contributed by atoms with E-state index in [1.165, 1.54) is 12.5 Å². The molecule has 7 heteroatoms. The van der Waals surface area contributed by atoms with Gasteiger partial charge in [0.1, 0.15) is 17.8 Å². The number of carbonyl (C=O) groups excluding carboxylic acids is 2. The number of carbonyl (C=O) groups is 2. The van der Waals surface area contributed by atoms with Crippen LogP contribution in [0.15, 0.2) is 23.3 Å². The highest BCUT2D eigenvalue weighted by molar-refractivity contribution is 5.87. The molecule has 0 aromatic carbocycles. The van der Waals surface area contributed by atoms with Gasteiger partial charge in [-0.05, 0) is 83.0 Å². The predicted octanol–water partition coefficient (Wildman–Crippen LogP) is 3.60. The highest BCUT2D eigenvalue weighted by Gasteiger charge is 2.77. The highest BCUT2D eigenvalue weighted by atomic mass is 16.6. The number of aliphatic hydroxyl groups is 3. The summed E-state index contributed by atoms with van der Waals surface area (Å²) in [7, 11) is 0. The summed E-state index contributed by atoms with van der Waals surface area (Å²) in [4.78, 5) is 24.8. The number of rotatable bonds is 4. The third-order valence-corrected chi connectivity index (χ3v) is 10.5. The Labute approximate surface area is 208 Å². The van der Waals surface area contributed by atoms with E-state index in [0.717, 1.165) is 6.42 Å². The summed E-state index contributed by atoms with van der Waals surface area (Å²) in [6.07, 6.45) is 5.69. The Morgan fingerprint density at radius 3 is 2.46 bits per heavy atom. The molecule has 4 aliphatic carbocycles. The zero-order valence-electron chi connectivity index (χ0n) is 22.0. The normalized spacial score (nSPS) is 46.0. The van der Waals surface area contributed by atoms with Crippen molar-refractivity contribution in [2.75, 3.05) is 0 Å². The Bertz CT molecular complexity index is 955. The second-order valence-corrected chi connectivity index (χ2v) is 11.9. The average molecular weight is 491 g/mol. The number of hydrogen-bond donors (Lipinski definition) is 3. The minimum absolute atomic E-state index is 0.0307. The number of fused-ring (bicyclic) bond motifs is 5. The molecule has 4 rings (SSSR count). The van der Waals surface area contributed by atoms with Crippen molar-refractivity contribution in [3.63, 3.8) is 0 Å². The Kier molecular flexibility index (Phi) is 6.56. The van der Waals surface area contributed by atoms with Crippen molar-refractivity contribution in [3.05, 3.63) is 23.3 Å². The molecule has 196 valence electrons. The molecule has 9 atom stereocenters. The van der Waals surface area contributed by atoms with E-state index >= 15 is 0 Å². The number of esters is 2. The lowest BCUT2D eigenvalue weighted by Crippen LogP contribution is -2.72. The molecule has 0 radical (unpaired) electrons. The lowest BCUT2D eigenvalue weighted by Gasteiger charge is -2.64. The molecule has 3 saturated carbocycles. The van der Waals surface area contributed by atoms with Gasteiger partial charge in [-0.25, -0.2) is 4.79 Å². The van der Waals surface area contributed by atoms with Crippen molar-refractivity contribution in [1.29, 1.82) is 0 Å². The molecular formula is C28H42O7. The summed E-state index contributed by atoms with van der Waals surface area (Å²) < 4.78 is 11.6. The summed E-state index contributed by atoms with van der Waals surface area (Å²) in [5.74, 6) is -1.09. The Balaban J connectivity index is 1.83. The van der Waals surface area contributed by atoms with Gasteiger partial charge in [-0.3, -0.25) is 4.79 Å². The summed E-state index contributed by atoms with van der Waals surface area (Å²) in [6.45, 7) is 10.4. The van der Waals surface area contributed by atoms with E-state index in [2.05, 4.69) is 13.0 Å². The molecule has 35 heavy (non-hydrogen) atoms. The van der Waals surface area contributed by atoms with Crippen LogP contribution in [0, 0.1) is 22.7 Å². The number of aliphatic hydroxyl groups excluding tert-OH is 1. The van der Waals surface area contributed by atoms with Crippen LogP contribution in [0.5, 0.6) is 0 Å². The van der Waals surface area contributed by atoms with Crippen molar-refractivity contribution in [2.24, 2.45) is 22.7 Å². The molecule has 7 nitrogen and oxygen atoms in total. The van der Waals surface area contributed by atoms with Crippen LogP contribution in [-0.4, -0.2) is 56.8 Å². The summed E-state index contributed by atoms with van der Waals surface area (Å²) >= 11 is 0. The molecule has 0 aliphatic heterocycles. The van der Waals surface area contributed by atoms with Gasteiger partial charge in [0.2, 0.25) is 0 Å². The Morgan fingerprint density at radius 2 is 1.83 bits per heavy atom. The fourth-order valence-corrected chi connectivity index (χ4v) is 8.13. The van der Waals surface area contributed by atoms with Crippen LogP contribution in [0.2, 0.25) is 0 Å². The molecule has 0 aromatic rings. The molecule has 0 aromatic heterocycles. The molecular weight excluding hydrogens is 448 g/mol. The summed E-state index contributed by atoms with van der Waals surface area (Å²) in [5, 5.41) is 35.0. The smallest absolute Gasteiger partial charge is 0.333 e. The molecule has 0 unspecified atom stereocenters. The second-order valence-electron chi connectivity index (χ2n) is 11.9. The van der Waals surface area contributed by atoms with E-state index in [4.69, 9.17) is 9.47 Å². The van der Waals surface area contributed by atoms with Crippen LogP contribution in [0.3, 0.4) is 0 Å². The Morgan fingerprint density at radius 1 is 1.14 bits per heavy atom. The highest BCUT2D eigenvalue weighted by Crippen LogP contribution is 2.70. The molecule has 0 bridgehead atoms. The van der Waals surface area contributed by atoms with Crippen molar-refractivity contribution in [3.8, 4) is 0 Å². The van der Waals surface area contributed by atoms with Crippen LogP contribution in [0.1, 0.15) is 86.5 Å². The van der Waals surface area contributed by atoms with Crippen LogP contribution >= 0.6 is 0 Å². The van der Waals surface area contributed by atoms with E-state index in [1.54, 1.807) is 26.8 Å². The van der Waals surface area contributed by atoms with Gasteiger partial charge < -0.3 is 24.8 Å². The molecule has 0 spiro atoms. The molecule has 0 amide bonds. The van der Waals surface area contributed by atoms with Crippen LogP contribution < -0.4 is 0 Å². The van der Waals surface area contributed by atoms with Gasteiger partial charge in [0, 0.05) is 12.5 Å². The molecule has 0 heterocycles. The first-order valence-corrected chi connectivity index (χ1v) is 13.1. The SMILES string of the molecule is CC=C(C)C(=O)O[C@@H]1C[C@@H]2[C@@H](CC=C3C[C@@H](O)CC[C@@]32C)[C@@]2(O)CC[C@@](O)([C@H](C)OC(C)=O)[C@@]12C. The topological polar surface area (TPSA) is 113 Å². The fraction of sp³-hybridized carbons (Fsp3) is 0.786. The van der Waals surface area contributed by atoms with E-state index in [9.17, 15) is 24.9 Å². The zero-order valence-corrected chi connectivity index (χ0v) is 22.0. The van der Waals surface area contributed by atoms with Crippen molar-refractivity contribution in [1.82, 2.24) is 0 Å². The van der Waals surface area contributed by atoms with E-state index in [1.807, 2.05) is 6.92 Å². The summed E-state index contributed by atoms with van der Waals surface area (Å²) in [6, 6.07) is 0.